The summed E-state index contributed by atoms with van der Waals surface area (Å²) in [5, 5.41) is 11.1. The number of carbonyl (C=O) groups excluding carboxylic acids is 3. The number of carbonyl (C=O) groups is 4. The Morgan fingerprint density at radius 2 is 2.11 bits per heavy atom. The maximum Gasteiger partial charge on any atom is 0.326 e. The SMILES string of the molecule is NC(=O)CCC(NC(=O)N1CCCC1=O)C(=O)O. The average Bonchev–Trinajstić information content (AvgIpc) is 2.69. The molecule has 4 N–H and O–H groups in total. The van der Waals surface area contributed by atoms with Gasteiger partial charge in [-0.2, -0.15) is 0 Å². The quantitative estimate of drug-likeness (QED) is 0.583. The molecule has 0 spiro atoms. The van der Waals surface area contributed by atoms with Gasteiger partial charge in [0.15, 0.2) is 0 Å². The van der Waals surface area contributed by atoms with Crippen molar-refractivity contribution in [3.05, 3.63) is 0 Å². The molecule has 0 radical (unpaired) electrons. The van der Waals surface area contributed by atoms with Gasteiger partial charge in [-0.25, -0.2) is 9.59 Å². The van der Waals surface area contributed by atoms with Crippen molar-refractivity contribution in [2.45, 2.75) is 31.7 Å². The van der Waals surface area contributed by atoms with Gasteiger partial charge >= 0.3 is 12.0 Å². The van der Waals surface area contributed by atoms with Crippen LogP contribution in [0, 0.1) is 0 Å². The maximum absolute atomic E-state index is 11.6. The highest BCUT2D eigenvalue weighted by Gasteiger charge is 2.29. The fourth-order valence-electron chi connectivity index (χ4n) is 1.63. The number of nitrogens with one attached hydrogen (secondary N) is 1. The van der Waals surface area contributed by atoms with Crippen molar-refractivity contribution in [1.82, 2.24) is 10.2 Å². The Balaban J connectivity index is 2.54. The smallest absolute Gasteiger partial charge is 0.326 e. The van der Waals surface area contributed by atoms with Gasteiger partial charge in [-0.1, -0.05) is 0 Å². The van der Waals surface area contributed by atoms with E-state index in [9.17, 15) is 19.2 Å². The number of hydrogen-bond donors (Lipinski definition) is 3. The Morgan fingerprint density at radius 1 is 1.44 bits per heavy atom. The van der Waals surface area contributed by atoms with Crippen LogP contribution in [0.25, 0.3) is 0 Å². The number of imide groups is 1. The number of amides is 4. The molecule has 0 aromatic carbocycles. The highest BCUT2D eigenvalue weighted by Crippen LogP contribution is 2.10. The van der Waals surface area contributed by atoms with E-state index >= 15 is 0 Å². The highest BCUT2D eigenvalue weighted by molar-refractivity contribution is 5.97. The molecule has 1 unspecified atom stereocenters. The molecular weight excluding hydrogens is 242 g/mol. The molecular formula is C10H15N3O5. The zero-order valence-electron chi connectivity index (χ0n) is 9.72. The third-order valence-corrected chi connectivity index (χ3v) is 2.59. The number of carboxylic acid groups (broad SMARTS) is 1. The first-order valence-electron chi connectivity index (χ1n) is 5.53. The Hall–Kier alpha value is -2.12. The first-order chi connectivity index (χ1) is 8.41. The summed E-state index contributed by atoms with van der Waals surface area (Å²) >= 11 is 0. The van der Waals surface area contributed by atoms with Gasteiger partial charge in [0.25, 0.3) is 0 Å². The second kappa shape index (κ2) is 5.99. The maximum atomic E-state index is 11.6. The molecule has 0 aromatic rings. The molecule has 1 rings (SSSR count). The summed E-state index contributed by atoms with van der Waals surface area (Å²) in [7, 11) is 0. The molecule has 4 amide bonds. The fourth-order valence-corrected chi connectivity index (χ4v) is 1.63. The van der Waals surface area contributed by atoms with Crippen molar-refractivity contribution in [2.24, 2.45) is 5.73 Å². The van der Waals surface area contributed by atoms with Gasteiger partial charge in [0.1, 0.15) is 6.04 Å². The van der Waals surface area contributed by atoms with Gasteiger partial charge in [-0.15, -0.1) is 0 Å². The second-order valence-corrected chi connectivity index (χ2v) is 3.99. The minimum absolute atomic E-state index is 0.0988. The lowest BCUT2D eigenvalue weighted by Crippen LogP contribution is -2.48. The van der Waals surface area contributed by atoms with Crippen LogP contribution in [0.1, 0.15) is 25.7 Å². The minimum atomic E-state index is -1.27. The summed E-state index contributed by atoms with van der Waals surface area (Å²) in [5.41, 5.74) is 4.91. The Morgan fingerprint density at radius 3 is 2.56 bits per heavy atom. The molecule has 1 saturated heterocycles. The largest absolute Gasteiger partial charge is 0.480 e. The van der Waals surface area contributed by atoms with E-state index in [2.05, 4.69) is 5.32 Å². The predicted octanol–water partition coefficient (Wildman–Crippen LogP) is -0.963. The van der Waals surface area contributed by atoms with Gasteiger partial charge in [-0.05, 0) is 12.8 Å². The van der Waals surface area contributed by atoms with E-state index < -0.39 is 23.9 Å². The van der Waals surface area contributed by atoms with E-state index in [0.717, 1.165) is 4.90 Å². The molecule has 1 aliphatic heterocycles. The lowest BCUT2D eigenvalue weighted by Gasteiger charge is -2.19. The van der Waals surface area contributed by atoms with Crippen molar-refractivity contribution in [2.75, 3.05) is 6.54 Å². The number of nitrogens with zero attached hydrogens (tertiary/aromatic N) is 1. The van der Waals surface area contributed by atoms with Crippen LogP contribution in [0.15, 0.2) is 0 Å². The van der Waals surface area contributed by atoms with E-state index in [1.165, 1.54) is 0 Å². The molecule has 18 heavy (non-hydrogen) atoms. The van der Waals surface area contributed by atoms with Crippen LogP contribution in [0.2, 0.25) is 0 Å². The molecule has 100 valence electrons. The van der Waals surface area contributed by atoms with Crippen LogP contribution in [-0.2, 0) is 14.4 Å². The van der Waals surface area contributed by atoms with Gasteiger partial charge in [0, 0.05) is 19.4 Å². The molecule has 1 heterocycles. The normalized spacial score (nSPS) is 16.4. The van der Waals surface area contributed by atoms with E-state index in [-0.39, 0.29) is 31.7 Å². The zero-order chi connectivity index (χ0) is 13.7. The van der Waals surface area contributed by atoms with Crippen LogP contribution in [0.5, 0.6) is 0 Å². The standard InChI is InChI=1S/C10H15N3O5/c11-7(14)4-3-6(9(16)17)12-10(18)13-5-1-2-8(13)15/h6H,1-5H2,(H2,11,14)(H,12,18)(H,16,17). The van der Waals surface area contributed by atoms with Crippen molar-refractivity contribution in [3.8, 4) is 0 Å². The number of rotatable bonds is 5. The van der Waals surface area contributed by atoms with Crippen LogP contribution in [0.4, 0.5) is 4.79 Å². The Kier molecular flexibility index (Phi) is 4.64. The molecule has 0 aliphatic carbocycles. The van der Waals surface area contributed by atoms with Crippen LogP contribution in [0.3, 0.4) is 0 Å². The summed E-state index contributed by atoms with van der Waals surface area (Å²) in [6.45, 7) is 0.285. The molecule has 1 fully saturated rings. The van der Waals surface area contributed by atoms with Crippen molar-refractivity contribution < 1.29 is 24.3 Å². The Labute approximate surface area is 103 Å². The third kappa shape index (κ3) is 3.72. The summed E-state index contributed by atoms with van der Waals surface area (Å²) in [4.78, 5) is 45.3. The number of likely N-dealkylation sites (tertiary alicyclic amines) is 1. The number of nitrogens with two attached hydrogens (primary N) is 1. The number of carboxylic acids is 1. The van der Waals surface area contributed by atoms with E-state index in [0.29, 0.717) is 6.42 Å². The first kappa shape index (κ1) is 13.9. The fraction of sp³-hybridized carbons (Fsp3) is 0.600. The van der Waals surface area contributed by atoms with Gasteiger partial charge < -0.3 is 16.2 Å². The first-order valence-corrected chi connectivity index (χ1v) is 5.53. The number of urea groups is 1. The average molecular weight is 257 g/mol. The molecule has 0 aromatic heterocycles. The molecule has 0 saturated carbocycles. The second-order valence-electron chi connectivity index (χ2n) is 3.99. The minimum Gasteiger partial charge on any atom is -0.480 e. The lowest BCUT2D eigenvalue weighted by molar-refractivity contribution is -0.139. The summed E-state index contributed by atoms with van der Waals surface area (Å²) in [6, 6.07) is -1.97. The van der Waals surface area contributed by atoms with Gasteiger partial charge in [-0.3, -0.25) is 14.5 Å². The van der Waals surface area contributed by atoms with Gasteiger partial charge in [0.2, 0.25) is 11.8 Å². The molecule has 1 aliphatic rings. The van der Waals surface area contributed by atoms with Crippen LogP contribution < -0.4 is 11.1 Å². The van der Waals surface area contributed by atoms with Crippen LogP contribution in [-0.4, -0.2) is 46.4 Å². The summed E-state index contributed by atoms with van der Waals surface area (Å²) < 4.78 is 0. The summed E-state index contributed by atoms with van der Waals surface area (Å²) in [5.74, 6) is -2.24. The predicted molar refractivity (Wildman–Crippen MR) is 59.3 cm³/mol. The zero-order valence-corrected chi connectivity index (χ0v) is 9.72. The number of primary amides is 1. The summed E-state index contributed by atoms with van der Waals surface area (Å²) in [6.07, 6.45) is 0.612. The van der Waals surface area contributed by atoms with E-state index in [1.54, 1.807) is 0 Å². The van der Waals surface area contributed by atoms with Gasteiger partial charge in [0.05, 0.1) is 0 Å². The molecule has 0 bridgehead atoms. The molecule has 8 nitrogen and oxygen atoms in total. The van der Waals surface area contributed by atoms with E-state index in [4.69, 9.17) is 10.8 Å². The lowest BCUT2D eigenvalue weighted by atomic mass is 10.1. The highest BCUT2D eigenvalue weighted by atomic mass is 16.4. The van der Waals surface area contributed by atoms with Crippen LogP contribution >= 0.6 is 0 Å². The number of aliphatic carboxylic acids is 1. The van der Waals surface area contributed by atoms with Crippen molar-refractivity contribution in [3.63, 3.8) is 0 Å². The van der Waals surface area contributed by atoms with Crippen molar-refractivity contribution >= 4 is 23.8 Å². The molecule has 1 atom stereocenters. The number of hydrogen-bond acceptors (Lipinski definition) is 4. The van der Waals surface area contributed by atoms with Crippen molar-refractivity contribution in [1.29, 1.82) is 0 Å². The topological polar surface area (TPSA) is 130 Å². The van der Waals surface area contributed by atoms with E-state index in [1.807, 2.05) is 0 Å². The Bertz CT molecular complexity index is 382. The third-order valence-electron chi connectivity index (χ3n) is 2.59. The molecule has 8 heteroatoms. The monoisotopic (exact) mass is 257 g/mol.